The molecule has 1 aliphatic carbocycles. The number of amides is 1. The summed E-state index contributed by atoms with van der Waals surface area (Å²) >= 11 is 1.67. The third kappa shape index (κ3) is 1.55. The Morgan fingerprint density at radius 2 is 2.25 bits per heavy atom. The molecule has 86 valence electrons. The largest absolute Gasteiger partial charge is 0.320 e. The monoisotopic (exact) mass is 237 g/mol. The number of anilines is 1. The first kappa shape index (κ1) is 10.2. The maximum absolute atomic E-state index is 11.9. The SMILES string of the molecule is NC1CCCN(c2nc3c(s2)CCC3)C1=O. The summed E-state index contributed by atoms with van der Waals surface area (Å²) in [5.74, 6) is 0.0404. The van der Waals surface area contributed by atoms with E-state index < -0.39 is 0 Å². The van der Waals surface area contributed by atoms with Gasteiger partial charge in [0.2, 0.25) is 5.91 Å². The molecule has 3 rings (SSSR count). The Bertz CT molecular complexity index is 407. The van der Waals surface area contributed by atoms with Crippen LogP contribution in [-0.4, -0.2) is 23.5 Å². The summed E-state index contributed by atoms with van der Waals surface area (Å²) in [6.07, 6.45) is 5.19. The zero-order valence-electron chi connectivity index (χ0n) is 9.11. The highest BCUT2D eigenvalue weighted by atomic mass is 32.1. The molecule has 0 aromatic carbocycles. The predicted octanol–water partition coefficient (Wildman–Crippen LogP) is 1.09. The van der Waals surface area contributed by atoms with Crippen LogP contribution in [0.2, 0.25) is 0 Å². The number of aromatic nitrogens is 1. The number of rotatable bonds is 1. The van der Waals surface area contributed by atoms with Crippen LogP contribution in [0.3, 0.4) is 0 Å². The van der Waals surface area contributed by atoms with Crippen molar-refractivity contribution >= 4 is 22.4 Å². The first-order valence-electron chi connectivity index (χ1n) is 5.81. The van der Waals surface area contributed by atoms with Gasteiger partial charge in [-0.05, 0) is 32.1 Å². The number of nitrogens with two attached hydrogens (primary N) is 1. The minimum atomic E-state index is -0.326. The molecule has 0 saturated carbocycles. The van der Waals surface area contributed by atoms with E-state index in [4.69, 9.17) is 5.73 Å². The molecule has 5 heteroatoms. The van der Waals surface area contributed by atoms with Gasteiger partial charge < -0.3 is 5.73 Å². The van der Waals surface area contributed by atoms with Crippen LogP contribution in [0.1, 0.15) is 29.8 Å². The molecule has 0 bridgehead atoms. The molecule has 1 atom stereocenters. The molecule has 2 heterocycles. The lowest BCUT2D eigenvalue weighted by Gasteiger charge is -2.28. The summed E-state index contributed by atoms with van der Waals surface area (Å²) < 4.78 is 0. The van der Waals surface area contributed by atoms with Gasteiger partial charge in [-0.25, -0.2) is 4.98 Å². The molecular formula is C11H15N3OS. The standard InChI is InChI=1S/C11H15N3OS/c12-7-3-2-6-14(10(7)15)11-13-8-4-1-5-9(8)16-11/h7H,1-6,12H2. The Hall–Kier alpha value is -0.940. The summed E-state index contributed by atoms with van der Waals surface area (Å²) in [5, 5.41) is 0.866. The van der Waals surface area contributed by atoms with Crippen molar-refractivity contribution in [2.24, 2.45) is 5.73 Å². The Kier molecular flexibility index (Phi) is 2.44. The van der Waals surface area contributed by atoms with E-state index in [2.05, 4.69) is 4.98 Å². The molecule has 4 nitrogen and oxygen atoms in total. The lowest BCUT2D eigenvalue weighted by atomic mass is 10.1. The molecule has 0 radical (unpaired) electrons. The minimum absolute atomic E-state index is 0.0404. The number of hydrogen-bond donors (Lipinski definition) is 1. The summed E-state index contributed by atoms with van der Waals surface area (Å²) in [7, 11) is 0. The van der Waals surface area contributed by atoms with Gasteiger partial charge in [0.25, 0.3) is 0 Å². The smallest absolute Gasteiger partial charge is 0.245 e. The van der Waals surface area contributed by atoms with Crippen molar-refractivity contribution in [1.29, 1.82) is 0 Å². The molecular weight excluding hydrogens is 222 g/mol. The number of fused-ring (bicyclic) bond motifs is 1. The molecule has 1 unspecified atom stereocenters. The third-order valence-corrected chi connectivity index (χ3v) is 4.48. The number of carbonyl (C=O) groups excluding carboxylic acids is 1. The highest BCUT2D eigenvalue weighted by Gasteiger charge is 2.30. The van der Waals surface area contributed by atoms with E-state index in [1.807, 2.05) is 0 Å². The predicted molar refractivity (Wildman–Crippen MR) is 63.7 cm³/mol. The van der Waals surface area contributed by atoms with Crippen molar-refractivity contribution in [2.45, 2.75) is 38.1 Å². The zero-order valence-corrected chi connectivity index (χ0v) is 9.92. The molecule has 1 aliphatic heterocycles. The van der Waals surface area contributed by atoms with Gasteiger partial charge in [-0.15, -0.1) is 11.3 Å². The average molecular weight is 237 g/mol. The van der Waals surface area contributed by atoms with Crippen molar-refractivity contribution in [1.82, 2.24) is 4.98 Å². The van der Waals surface area contributed by atoms with Crippen LogP contribution >= 0.6 is 11.3 Å². The van der Waals surface area contributed by atoms with Crippen LogP contribution in [0.15, 0.2) is 0 Å². The second-order valence-electron chi connectivity index (χ2n) is 4.46. The van der Waals surface area contributed by atoms with Crippen molar-refractivity contribution in [3.8, 4) is 0 Å². The summed E-state index contributed by atoms with van der Waals surface area (Å²) in [6.45, 7) is 0.777. The van der Waals surface area contributed by atoms with Gasteiger partial charge in [-0.2, -0.15) is 0 Å². The van der Waals surface area contributed by atoms with E-state index in [0.29, 0.717) is 0 Å². The Labute approximate surface area is 98.5 Å². The van der Waals surface area contributed by atoms with Gasteiger partial charge >= 0.3 is 0 Å². The molecule has 2 N–H and O–H groups in total. The number of aryl methyl sites for hydroxylation is 2. The fourth-order valence-electron chi connectivity index (χ4n) is 2.39. The molecule has 0 spiro atoms. The Morgan fingerprint density at radius 1 is 1.38 bits per heavy atom. The van der Waals surface area contributed by atoms with Crippen LogP contribution in [0.4, 0.5) is 5.13 Å². The lowest BCUT2D eigenvalue weighted by Crippen LogP contribution is -2.48. The van der Waals surface area contributed by atoms with Crippen LogP contribution in [-0.2, 0) is 17.6 Å². The second-order valence-corrected chi connectivity index (χ2v) is 5.52. The molecule has 1 aromatic rings. The van der Waals surface area contributed by atoms with Crippen LogP contribution < -0.4 is 10.6 Å². The minimum Gasteiger partial charge on any atom is -0.320 e. The molecule has 1 fully saturated rings. The van der Waals surface area contributed by atoms with Gasteiger partial charge in [0, 0.05) is 11.4 Å². The maximum atomic E-state index is 11.9. The van der Waals surface area contributed by atoms with Crippen molar-refractivity contribution in [2.75, 3.05) is 11.4 Å². The summed E-state index contributed by atoms with van der Waals surface area (Å²) in [6, 6.07) is -0.326. The van der Waals surface area contributed by atoms with E-state index in [0.717, 1.165) is 37.4 Å². The number of nitrogens with zero attached hydrogens (tertiary/aromatic N) is 2. The van der Waals surface area contributed by atoms with E-state index in [-0.39, 0.29) is 11.9 Å². The van der Waals surface area contributed by atoms with E-state index in [1.165, 1.54) is 17.0 Å². The highest BCUT2D eigenvalue weighted by molar-refractivity contribution is 7.16. The number of carbonyl (C=O) groups is 1. The molecule has 2 aliphatic rings. The summed E-state index contributed by atoms with van der Waals surface area (Å²) in [5.41, 5.74) is 6.98. The molecule has 16 heavy (non-hydrogen) atoms. The second kappa shape index (κ2) is 3.82. The van der Waals surface area contributed by atoms with Gasteiger partial charge in [0.1, 0.15) is 0 Å². The van der Waals surface area contributed by atoms with Gasteiger partial charge in [0.15, 0.2) is 5.13 Å². The Morgan fingerprint density at radius 3 is 3.06 bits per heavy atom. The number of hydrogen-bond acceptors (Lipinski definition) is 4. The van der Waals surface area contributed by atoms with Crippen molar-refractivity contribution < 1.29 is 4.79 Å². The first-order chi connectivity index (χ1) is 7.75. The van der Waals surface area contributed by atoms with Crippen molar-refractivity contribution in [3.63, 3.8) is 0 Å². The number of thiazole rings is 1. The van der Waals surface area contributed by atoms with Gasteiger partial charge in [-0.3, -0.25) is 9.69 Å². The lowest BCUT2D eigenvalue weighted by molar-refractivity contribution is -0.120. The maximum Gasteiger partial charge on any atom is 0.245 e. The van der Waals surface area contributed by atoms with Gasteiger partial charge in [-0.1, -0.05) is 0 Å². The number of piperidine rings is 1. The van der Waals surface area contributed by atoms with E-state index in [1.54, 1.807) is 16.2 Å². The highest BCUT2D eigenvalue weighted by Crippen LogP contribution is 2.33. The third-order valence-electron chi connectivity index (χ3n) is 3.30. The van der Waals surface area contributed by atoms with E-state index >= 15 is 0 Å². The normalized spacial score (nSPS) is 24.9. The fraction of sp³-hybridized carbons (Fsp3) is 0.636. The Balaban J connectivity index is 1.88. The topological polar surface area (TPSA) is 59.2 Å². The molecule has 1 saturated heterocycles. The zero-order chi connectivity index (χ0) is 11.1. The van der Waals surface area contributed by atoms with E-state index in [9.17, 15) is 4.79 Å². The van der Waals surface area contributed by atoms with Crippen LogP contribution in [0.5, 0.6) is 0 Å². The first-order valence-corrected chi connectivity index (χ1v) is 6.63. The van der Waals surface area contributed by atoms with Crippen LogP contribution in [0.25, 0.3) is 0 Å². The van der Waals surface area contributed by atoms with Crippen LogP contribution in [0, 0.1) is 0 Å². The molecule has 1 aromatic heterocycles. The average Bonchev–Trinajstić information content (AvgIpc) is 2.81. The van der Waals surface area contributed by atoms with Crippen molar-refractivity contribution in [3.05, 3.63) is 10.6 Å². The van der Waals surface area contributed by atoms with Gasteiger partial charge in [0.05, 0.1) is 11.7 Å². The quantitative estimate of drug-likeness (QED) is 0.795. The summed E-state index contributed by atoms with van der Waals surface area (Å²) in [4.78, 5) is 19.6. The fourth-order valence-corrected chi connectivity index (χ4v) is 3.56. The molecule has 1 amide bonds.